The second kappa shape index (κ2) is 5.03. The standard InChI is InChI=1S/C14H18ClN/c1-11-5-7-16(8-6-11)10-13-3-4-14(15)12(2)9-13/h3-4,9H,1,5-8,10H2,2H3. The lowest BCUT2D eigenvalue weighted by molar-refractivity contribution is 0.248. The quantitative estimate of drug-likeness (QED) is 0.705. The molecule has 0 N–H and O–H groups in total. The Morgan fingerprint density at radius 1 is 1.31 bits per heavy atom. The fourth-order valence-corrected chi connectivity index (χ4v) is 2.21. The van der Waals surface area contributed by atoms with Gasteiger partial charge in [0.05, 0.1) is 0 Å². The second-order valence-corrected chi connectivity index (χ2v) is 5.02. The topological polar surface area (TPSA) is 3.24 Å². The van der Waals surface area contributed by atoms with Gasteiger partial charge in [-0.05, 0) is 37.0 Å². The van der Waals surface area contributed by atoms with Gasteiger partial charge in [-0.2, -0.15) is 0 Å². The smallest absolute Gasteiger partial charge is 0.0435 e. The van der Waals surface area contributed by atoms with E-state index in [1.807, 2.05) is 6.07 Å². The third-order valence-electron chi connectivity index (χ3n) is 3.19. The Kier molecular flexibility index (Phi) is 3.67. The molecule has 16 heavy (non-hydrogen) atoms. The summed E-state index contributed by atoms with van der Waals surface area (Å²) < 4.78 is 0. The number of aryl methyl sites for hydroxylation is 1. The van der Waals surface area contributed by atoms with Crippen molar-refractivity contribution in [2.24, 2.45) is 0 Å². The van der Waals surface area contributed by atoms with Gasteiger partial charge in [-0.15, -0.1) is 0 Å². The van der Waals surface area contributed by atoms with Crippen molar-refractivity contribution in [3.63, 3.8) is 0 Å². The zero-order valence-corrected chi connectivity index (χ0v) is 10.6. The molecular weight excluding hydrogens is 218 g/mol. The molecule has 86 valence electrons. The summed E-state index contributed by atoms with van der Waals surface area (Å²) in [5, 5.41) is 0.857. The van der Waals surface area contributed by atoms with Crippen LogP contribution < -0.4 is 0 Å². The molecule has 2 rings (SSSR count). The Bertz CT molecular complexity index is 388. The minimum absolute atomic E-state index is 0.857. The molecule has 0 spiro atoms. The van der Waals surface area contributed by atoms with E-state index in [0.29, 0.717) is 0 Å². The van der Waals surface area contributed by atoms with Crippen molar-refractivity contribution >= 4 is 11.6 Å². The van der Waals surface area contributed by atoms with Gasteiger partial charge in [0.2, 0.25) is 0 Å². The summed E-state index contributed by atoms with van der Waals surface area (Å²) >= 11 is 6.02. The number of rotatable bonds is 2. The molecular formula is C14H18ClN. The normalized spacial score (nSPS) is 17.8. The van der Waals surface area contributed by atoms with Crippen molar-refractivity contribution in [1.29, 1.82) is 0 Å². The number of nitrogens with zero attached hydrogens (tertiary/aromatic N) is 1. The van der Waals surface area contributed by atoms with Crippen LogP contribution in [0.4, 0.5) is 0 Å². The number of hydrogen-bond acceptors (Lipinski definition) is 1. The molecule has 0 atom stereocenters. The van der Waals surface area contributed by atoms with E-state index in [4.69, 9.17) is 11.6 Å². The average molecular weight is 236 g/mol. The monoisotopic (exact) mass is 235 g/mol. The maximum atomic E-state index is 6.02. The van der Waals surface area contributed by atoms with E-state index in [1.165, 1.54) is 16.7 Å². The van der Waals surface area contributed by atoms with Gasteiger partial charge in [-0.1, -0.05) is 35.9 Å². The maximum absolute atomic E-state index is 6.02. The molecule has 1 aliphatic rings. The zero-order valence-electron chi connectivity index (χ0n) is 9.80. The molecule has 1 nitrogen and oxygen atoms in total. The molecule has 1 aliphatic heterocycles. The van der Waals surface area contributed by atoms with Crippen LogP contribution in [0.15, 0.2) is 30.4 Å². The van der Waals surface area contributed by atoms with Gasteiger partial charge in [-0.3, -0.25) is 4.90 Å². The number of benzene rings is 1. The van der Waals surface area contributed by atoms with E-state index in [9.17, 15) is 0 Å². The Morgan fingerprint density at radius 2 is 2.00 bits per heavy atom. The number of halogens is 1. The number of likely N-dealkylation sites (tertiary alicyclic amines) is 1. The Morgan fingerprint density at radius 3 is 2.62 bits per heavy atom. The molecule has 0 bridgehead atoms. The predicted octanol–water partition coefficient (Wildman–Crippen LogP) is 3.80. The first kappa shape index (κ1) is 11.7. The van der Waals surface area contributed by atoms with Gasteiger partial charge in [0.25, 0.3) is 0 Å². The fourth-order valence-electron chi connectivity index (χ4n) is 2.09. The van der Waals surface area contributed by atoms with Crippen LogP contribution in [-0.4, -0.2) is 18.0 Å². The molecule has 0 aromatic heterocycles. The average Bonchev–Trinajstić information content (AvgIpc) is 2.27. The van der Waals surface area contributed by atoms with Crippen molar-refractivity contribution < 1.29 is 0 Å². The zero-order chi connectivity index (χ0) is 11.5. The van der Waals surface area contributed by atoms with Crippen LogP contribution in [0.5, 0.6) is 0 Å². The third kappa shape index (κ3) is 2.87. The highest BCUT2D eigenvalue weighted by Crippen LogP contribution is 2.20. The van der Waals surface area contributed by atoms with E-state index in [1.54, 1.807) is 0 Å². The highest BCUT2D eigenvalue weighted by Gasteiger charge is 2.12. The van der Waals surface area contributed by atoms with Crippen molar-refractivity contribution in [3.8, 4) is 0 Å². The Balaban J connectivity index is 1.98. The van der Waals surface area contributed by atoms with E-state index in [2.05, 4.69) is 30.5 Å². The summed E-state index contributed by atoms with van der Waals surface area (Å²) in [5.74, 6) is 0. The van der Waals surface area contributed by atoms with Crippen LogP contribution in [0.1, 0.15) is 24.0 Å². The second-order valence-electron chi connectivity index (χ2n) is 4.61. The van der Waals surface area contributed by atoms with Gasteiger partial charge in [0.1, 0.15) is 0 Å². The lowest BCUT2D eigenvalue weighted by Gasteiger charge is -2.27. The fraction of sp³-hybridized carbons (Fsp3) is 0.429. The van der Waals surface area contributed by atoms with Crippen LogP contribution in [0.25, 0.3) is 0 Å². The minimum atomic E-state index is 0.857. The van der Waals surface area contributed by atoms with Crippen molar-refractivity contribution in [2.45, 2.75) is 26.3 Å². The molecule has 1 saturated heterocycles. The van der Waals surface area contributed by atoms with Gasteiger partial charge < -0.3 is 0 Å². The first-order valence-electron chi connectivity index (χ1n) is 5.79. The largest absolute Gasteiger partial charge is 0.298 e. The molecule has 0 radical (unpaired) electrons. The van der Waals surface area contributed by atoms with Crippen LogP contribution in [0.3, 0.4) is 0 Å². The summed E-state index contributed by atoms with van der Waals surface area (Å²) in [4.78, 5) is 2.48. The maximum Gasteiger partial charge on any atom is 0.0435 e. The van der Waals surface area contributed by atoms with Crippen molar-refractivity contribution in [1.82, 2.24) is 4.90 Å². The first-order valence-corrected chi connectivity index (χ1v) is 6.17. The summed E-state index contributed by atoms with van der Waals surface area (Å²) in [6.07, 6.45) is 2.29. The summed E-state index contributed by atoms with van der Waals surface area (Å²) in [5.41, 5.74) is 3.92. The molecule has 1 aromatic carbocycles. The van der Waals surface area contributed by atoms with E-state index in [-0.39, 0.29) is 0 Å². The summed E-state index contributed by atoms with van der Waals surface area (Å²) in [6, 6.07) is 6.31. The minimum Gasteiger partial charge on any atom is -0.298 e. The Labute approximate surface area is 103 Å². The molecule has 1 aromatic rings. The van der Waals surface area contributed by atoms with Crippen LogP contribution in [0.2, 0.25) is 5.02 Å². The number of hydrogen-bond donors (Lipinski definition) is 0. The molecule has 0 amide bonds. The van der Waals surface area contributed by atoms with Crippen molar-refractivity contribution in [2.75, 3.05) is 13.1 Å². The lowest BCUT2D eigenvalue weighted by atomic mass is 10.0. The van der Waals surface area contributed by atoms with Crippen LogP contribution in [-0.2, 0) is 6.54 Å². The summed E-state index contributed by atoms with van der Waals surface area (Å²) in [6.45, 7) is 9.41. The summed E-state index contributed by atoms with van der Waals surface area (Å²) in [7, 11) is 0. The van der Waals surface area contributed by atoms with Gasteiger partial charge in [0.15, 0.2) is 0 Å². The number of piperidine rings is 1. The van der Waals surface area contributed by atoms with Crippen molar-refractivity contribution in [3.05, 3.63) is 46.5 Å². The van der Waals surface area contributed by atoms with E-state index in [0.717, 1.165) is 37.5 Å². The highest BCUT2D eigenvalue weighted by molar-refractivity contribution is 6.31. The molecule has 0 saturated carbocycles. The molecule has 1 fully saturated rings. The molecule has 0 unspecified atom stereocenters. The third-order valence-corrected chi connectivity index (χ3v) is 3.62. The highest BCUT2D eigenvalue weighted by atomic mass is 35.5. The molecule has 0 aliphatic carbocycles. The Hall–Kier alpha value is -0.790. The van der Waals surface area contributed by atoms with Gasteiger partial charge in [0, 0.05) is 24.7 Å². The molecule has 2 heteroatoms. The predicted molar refractivity (Wildman–Crippen MR) is 69.8 cm³/mol. The van der Waals surface area contributed by atoms with Crippen LogP contribution in [0, 0.1) is 6.92 Å². The SMILES string of the molecule is C=C1CCN(Cc2ccc(Cl)c(C)c2)CC1. The van der Waals surface area contributed by atoms with E-state index >= 15 is 0 Å². The molecule has 1 heterocycles. The van der Waals surface area contributed by atoms with Gasteiger partial charge in [-0.25, -0.2) is 0 Å². The van der Waals surface area contributed by atoms with E-state index < -0.39 is 0 Å². The van der Waals surface area contributed by atoms with Gasteiger partial charge >= 0.3 is 0 Å². The van der Waals surface area contributed by atoms with Crippen LogP contribution >= 0.6 is 11.6 Å². The lowest BCUT2D eigenvalue weighted by Crippen LogP contribution is -2.29. The first-order chi connectivity index (χ1) is 7.65.